The Balaban J connectivity index is 1.69. The van der Waals surface area contributed by atoms with Gasteiger partial charge < -0.3 is 4.90 Å². The summed E-state index contributed by atoms with van der Waals surface area (Å²) in [6.07, 6.45) is 5.23. The van der Waals surface area contributed by atoms with E-state index in [2.05, 4.69) is 34.6 Å². The second kappa shape index (κ2) is 8.81. The highest BCUT2D eigenvalue weighted by Crippen LogP contribution is 2.26. The second-order valence-electron chi connectivity index (χ2n) is 5.42. The minimum atomic E-state index is 0.868. The van der Waals surface area contributed by atoms with Crippen LogP contribution in [0.1, 0.15) is 25.7 Å². The molecule has 0 amide bonds. The van der Waals surface area contributed by atoms with Crippen LogP contribution in [0.15, 0.2) is 24.3 Å². The molecule has 2 rings (SSSR count). The summed E-state index contributed by atoms with van der Waals surface area (Å²) in [7, 11) is 0. The van der Waals surface area contributed by atoms with Crippen LogP contribution in [0, 0.1) is 0 Å². The van der Waals surface area contributed by atoms with Gasteiger partial charge in [0.2, 0.25) is 0 Å². The SMILES string of the molecule is SCCCCCCN1CCN(c2ccccc2Cl)CC1. The lowest BCUT2D eigenvalue weighted by atomic mass is 10.2. The van der Waals surface area contributed by atoms with Crippen LogP contribution in [0.2, 0.25) is 5.02 Å². The first kappa shape index (κ1) is 16.0. The molecule has 1 aromatic rings. The molecule has 1 aromatic carbocycles. The second-order valence-corrected chi connectivity index (χ2v) is 6.27. The van der Waals surface area contributed by atoms with Gasteiger partial charge in [0.15, 0.2) is 0 Å². The van der Waals surface area contributed by atoms with Crippen LogP contribution >= 0.6 is 24.2 Å². The highest BCUT2D eigenvalue weighted by molar-refractivity contribution is 7.80. The van der Waals surface area contributed by atoms with Crippen molar-refractivity contribution in [2.24, 2.45) is 0 Å². The van der Waals surface area contributed by atoms with Crippen LogP contribution < -0.4 is 4.90 Å². The number of anilines is 1. The van der Waals surface area contributed by atoms with Crippen molar-refractivity contribution in [2.75, 3.05) is 43.4 Å². The Kier molecular flexibility index (Phi) is 7.05. The van der Waals surface area contributed by atoms with E-state index in [0.717, 1.165) is 37.0 Å². The van der Waals surface area contributed by atoms with Crippen molar-refractivity contribution in [1.29, 1.82) is 0 Å². The minimum absolute atomic E-state index is 0.868. The molecule has 0 spiro atoms. The van der Waals surface area contributed by atoms with Crippen LogP contribution in [-0.4, -0.2) is 43.4 Å². The zero-order valence-corrected chi connectivity index (χ0v) is 13.8. The average molecular weight is 313 g/mol. The monoisotopic (exact) mass is 312 g/mol. The molecule has 1 fully saturated rings. The molecule has 0 unspecified atom stereocenters. The van der Waals surface area contributed by atoms with Crippen LogP contribution in [0.3, 0.4) is 0 Å². The predicted octanol–water partition coefficient (Wildman–Crippen LogP) is 3.95. The van der Waals surface area contributed by atoms with Gasteiger partial charge in [0, 0.05) is 26.2 Å². The molecule has 0 aromatic heterocycles. The van der Waals surface area contributed by atoms with Crippen molar-refractivity contribution < 1.29 is 0 Å². The number of nitrogens with zero attached hydrogens (tertiary/aromatic N) is 2. The van der Waals surface area contributed by atoms with Gasteiger partial charge in [0.1, 0.15) is 0 Å². The van der Waals surface area contributed by atoms with E-state index < -0.39 is 0 Å². The number of hydrogen-bond donors (Lipinski definition) is 1. The molecular weight excluding hydrogens is 288 g/mol. The predicted molar refractivity (Wildman–Crippen MR) is 92.4 cm³/mol. The first-order valence-corrected chi connectivity index (χ1v) is 8.65. The molecule has 0 atom stereocenters. The van der Waals surface area contributed by atoms with E-state index in [-0.39, 0.29) is 0 Å². The van der Waals surface area contributed by atoms with Crippen LogP contribution in [0.4, 0.5) is 5.69 Å². The molecular formula is C16H25ClN2S. The smallest absolute Gasteiger partial charge is 0.0639 e. The molecule has 0 radical (unpaired) electrons. The van der Waals surface area contributed by atoms with E-state index in [1.807, 2.05) is 12.1 Å². The lowest BCUT2D eigenvalue weighted by Crippen LogP contribution is -2.46. The number of para-hydroxylation sites is 1. The van der Waals surface area contributed by atoms with Crippen molar-refractivity contribution in [1.82, 2.24) is 4.90 Å². The zero-order valence-electron chi connectivity index (χ0n) is 12.1. The number of piperazine rings is 1. The van der Waals surface area contributed by atoms with Crippen molar-refractivity contribution in [3.8, 4) is 0 Å². The Hall–Kier alpha value is -0.380. The fourth-order valence-electron chi connectivity index (χ4n) is 2.72. The van der Waals surface area contributed by atoms with Gasteiger partial charge in [-0.05, 0) is 37.3 Å². The number of hydrogen-bond acceptors (Lipinski definition) is 3. The summed E-state index contributed by atoms with van der Waals surface area (Å²) in [5, 5.41) is 0.868. The van der Waals surface area contributed by atoms with Gasteiger partial charge in [-0.1, -0.05) is 36.6 Å². The summed E-state index contributed by atoms with van der Waals surface area (Å²) in [6.45, 7) is 5.71. The number of unbranched alkanes of at least 4 members (excludes halogenated alkanes) is 3. The normalized spacial score (nSPS) is 16.6. The number of halogens is 1. The maximum Gasteiger partial charge on any atom is 0.0639 e. The zero-order chi connectivity index (χ0) is 14.2. The summed E-state index contributed by atoms with van der Waals surface area (Å²) in [6, 6.07) is 8.15. The van der Waals surface area contributed by atoms with E-state index in [4.69, 9.17) is 11.6 Å². The number of rotatable bonds is 7. The lowest BCUT2D eigenvalue weighted by molar-refractivity contribution is 0.252. The standard InChI is InChI=1S/C16H25ClN2S/c17-15-7-3-4-8-16(15)19-12-10-18(11-13-19)9-5-1-2-6-14-20/h3-4,7-8,20H,1-2,5-6,9-14H2. The number of thiol groups is 1. The van der Waals surface area contributed by atoms with E-state index in [1.165, 1.54) is 37.9 Å². The van der Waals surface area contributed by atoms with Crippen LogP contribution in [0.5, 0.6) is 0 Å². The summed E-state index contributed by atoms with van der Waals surface area (Å²) in [5.41, 5.74) is 1.18. The molecule has 0 bridgehead atoms. The first-order chi connectivity index (χ1) is 9.81. The molecule has 0 saturated carbocycles. The van der Waals surface area contributed by atoms with E-state index in [0.29, 0.717) is 0 Å². The summed E-state index contributed by atoms with van der Waals surface area (Å²) in [4.78, 5) is 4.98. The molecule has 0 N–H and O–H groups in total. The summed E-state index contributed by atoms with van der Waals surface area (Å²) in [5.74, 6) is 1.02. The van der Waals surface area contributed by atoms with Gasteiger partial charge in [-0.3, -0.25) is 4.90 Å². The van der Waals surface area contributed by atoms with E-state index in [9.17, 15) is 0 Å². The molecule has 1 aliphatic rings. The van der Waals surface area contributed by atoms with Gasteiger partial charge in [-0.2, -0.15) is 12.6 Å². The fraction of sp³-hybridized carbons (Fsp3) is 0.625. The van der Waals surface area contributed by atoms with Crippen molar-refractivity contribution in [3.05, 3.63) is 29.3 Å². The maximum absolute atomic E-state index is 6.26. The van der Waals surface area contributed by atoms with Crippen LogP contribution in [-0.2, 0) is 0 Å². The topological polar surface area (TPSA) is 6.48 Å². The van der Waals surface area contributed by atoms with Gasteiger partial charge in [0.05, 0.1) is 10.7 Å². The van der Waals surface area contributed by atoms with Gasteiger partial charge in [-0.15, -0.1) is 0 Å². The van der Waals surface area contributed by atoms with Gasteiger partial charge >= 0.3 is 0 Å². The van der Waals surface area contributed by atoms with Crippen molar-refractivity contribution >= 4 is 29.9 Å². The minimum Gasteiger partial charge on any atom is -0.368 e. The Morgan fingerprint density at radius 3 is 2.35 bits per heavy atom. The summed E-state index contributed by atoms with van der Waals surface area (Å²) >= 11 is 10.5. The van der Waals surface area contributed by atoms with E-state index in [1.54, 1.807) is 0 Å². The molecule has 1 aliphatic heterocycles. The first-order valence-electron chi connectivity index (χ1n) is 7.64. The Morgan fingerprint density at radius 1 is 0.950 bits per heavy atom. The van der Waals surface area contributed by atoms with E-state index >= 15 is 0 Å². The Morgan fingerprint density at radius 2 is 1.65 bits per heavy atom. The van der Waals surface area contributed by atoms with Gasteiger partial charge in [-0.25, -0.2) is 0 Å². The highest BCUT2D eigenvalue weighted by Gasteiger charge is 2.17. The Labute approximate surface area is 133 Å². The highest BCUT2D eigenvalue weighted by atomic mass is 35.5. The molecule has 1 saturated heterocycles. The molecule has 2 nitrogen and oxygen atoms in total. The third-order valence-corrected chi connectivity index (χ3v) is 4.58. The fourth-order valence-corrected chi connectivity index (χ4v) is 3.20. The largest absolute Gasteiger partial charge is 0.368 e. The molecule has 4 heteroatoms. The molecule has 0 aliphatic carbocycles. The average Bonchev–Trinajstić information content (AvgIpc) is 2.48. The van der Waals surface area contributed by atoms with Gasteiger partial charge in [0.25, 0.3) is 0 Å². The molecule has 112 valence electrons. The van der Waals surface area contributed by atoms with Crippen molar-refractivity contribution in [2.45, 2.75) is 25.7 Å². The molecule has 20 heavy (non-hydrogen) atoms. The van der Waals surface area contributed by atoms with Crippen molar-refractivity contribution in [3.63, 3.8) is 0 Å². The third kappa shape index (κ3) is 4.87. The van der Waals surface area contributed by atoms with Crippen LogP contribution in [0.25, 0.3) is 0 Å². The number of benzene rings is 1. The lowest BCUT2D eigenvalue weighted by Gasteiger charge is -2.36. The Bertz CT molecular complexity index is 392. The maximum atomic E-state index is 6.26. The third-order valence-electron chi connectivity index (χ3n) is 3.95. The quantitative estimate of drug-likeness (QED) is 0.601. The summed E-state index contributed by atoms with van der Waals surface area (Å²) < 4.78 is 0. The molecule has 1 heterocycles.